The summed E-state index contributed by atoms with van der Waals surface area (Å²) in [5.41, 5.74) is 10.8. The Hall–Kier alpha value is -3.95. The van der Waals surface area contributed by atoms with Crippen molar-refractivity contribution in [3.63, 3.8) is 0 Å². The first kappa shape index (κ1) is 19.0. The number of nitrogens with zero attached hydrogens (tertiary/aromatic N) is 7. The minimum Gasteiger partial charge on any atom is -0.390 e. The Kier molecular flexibility index (Phi) is 4.73. The predicted molar refractivity (Wildman–Crippen MR) is 116 cm³/mol. The number of aromatic nitrogens is 7. The molecule has 1 unspecified atom stereocenters. The number of rotatable bonds is 5. The molecule has 0 aliphatic rings. The number of benzene rings is 1. The topological polar surface area (TPSA) is 121 Å². The van der Waals surface area contributed by atoms with Crippen LogP contribution in [0.15, 0.2) is 67.4 Å². The van der Waals surface area contributed by atoms with Crippen molar-refractivity contribution in [1.29, 1.82) is 0 Å². The Morgan fingerprint density at radius 2 is 1.94 bits per heavy atom. The summed E-state index contributed by atoms with van der Waals surface area (Å²) in [4.78, 5) is 13.3. The molecule has 0 saturated heterocycles. The molecule has 0 bridgehead atoms. The zero-order chi connectivity index (χ0) is 21.4. The fourth-order valence-electron chi connectivity index (χ4n) is 3.50. The summed E-state index contributed by atoms with van der Waals surface area (Å²) >= 11 is 0. The highest BCUT2D eigenvalue weighted by molar-refractivity contribution is 5.92. The maximum Gasteiger partial charge on any atom is 0.154 e. The summed E-state index contributed by atoms with van der Waals surface area (Å²) in [5, 5.41) is 19.2. The minimum atomic E-state index is -0.172. The summed E-state index contributed by atoms with van der Waals surface area (Å²) in [7, 11) is 0. The van der Waals surface area contributed by atoms with Crippen LogP contribution in [0.3, 0.4) is 0 Å². The molecule has 4 heterocycles. The van der Waals surface area contributed by atoms with E-state index in [0.29, 0.717) is 11.5 Å². The number of hydrogen-bond donors (Lipinski definition) is 2. The minimum absolute atomic E-state index is 0.142. The van der Waals surface area contributed by atoms with Crippen LogP contribution in [0.1, 0.15) is 24.4 Å². The molecule has 3 N–H and O–H groups in total. The van der Waals surface area contributed by atoms with Gasteiger partial charge in [0.25, 0.3) is 0 Å². The Morgan fingerprint density at radius 3 is 2.71 bits per heavy atom. The quantitative estimate of drug-likeness (QED) is 0.455. The molecule has 154 valence electrons. The van der Waals surface area contributed by atoms with Crippen LogP contribution in [0.2, 0.25) is 0 Å². The van der Waals surface area contributed by atoms with Gasteiger partial charge in [0.1, 0.15) is 12.7 Å². The largest absolute Gasteiger partial charge is 0.390 e. The lowest BCUT2D eigenvalue weighted by molar-refractivity contribution is 0.276. The average molecular weight is 412 g/mol. The van der Waals surface area contributed by atoms with Gasteiger partial charge in [-0.15, -0.1) is 0 Å². The monoisotopic (exact) mass is 412 g/mol. The predicted octanol–water partition coefficient (Wildman–Crippen LogP) is 2.58. The molecule has 0 aliphatic heterocycles. The molecule has 0 fully saturated rings. The van der Waals surface area contributed by atoms with Crippen LogP contribution in [0.5, 0.6) is 0 Å². The summed E-state index contributed by atoms with van der Waals surface area (Å²) < 4.78 is 3.44. The van der Waals surface area contributed by atoms with Gasteiger partial charge in [-0.3, -0.25) is 4.98 Å². The number of nitrogens with two attached hydrogens (primary N) is 1. The van der Waals surface area contributed by atoms with Gasteiger partial charge < -0.3 is 10.8 Å². The van der Waals surface area contributed by atoms with Gasteiger partial charge in [0.05, 0.1) is 41.1 Å². The molecule has 31 heavy (non-hydrogen) atoms. The number of fused-ring (bicyclic) bond motifs is 1. The fraction of sp³-hybridized carbons (Fsp3) is 0.136. The molecule has 9 heteroatoms. The van der Waals surface area contributed by atoms with Crippen molar-refractivity contribution in [2.24, 2.45) is 5.73 Å². The summed E-state index contributed by atoms with van der Waals surface area (Å²) in [5.74, 6) is 0.612. The van der Waals surface area contributed by atoms with Crippen LogP contribution in [0.25, 0.3) is 33.7 Å². The summed E-state index contributed by atoms with van der Waals surface area (Å²) in [6.07, 6.45) is 4.91. The van der Waals surface area contributed by atoms with Gasteiger partial charge in [-0.25, -0.2) is 19.3 Å². The molecule has 0 amide bonds. The van der Waals surface area contributed by atoms with Crippen molar-refractivity contribution in [2.75, 3.05) is 0 Å². The lowest BCUT2D eigenvalue weighted by Gasteiger charge is -2.11. The fourth-order valence-corrected chi connectivity index (χ4v) is 3.50. The maximum atomic E-state index is 9.48. The van der Waals surface area contributed by atoms with Crippen LogP contribution in [0.4, 0.5) is 0 Å². The van der Waals surface area contributed by atoms with E-state index in [1.807, 2.05) is 49.4 Å². The number of aliphatic hydroxyl groups is 1. The van der Waals surface area contributed by atoms with E-state index < -0.39 is 0 Å². The van der Waals surface area contributed by atoms with Crippen molar-refractivity contribution >= 4 is 10.9 Å². The van der Waals surface area contributed by atoms with Gasteiger partial charge >= 0.3 is 0 Å². The summed E-state index contributed by atoms with van der Waals surface area (Å²) in [6.45, 7) is 1.77. The Labute approximate surface area is 177 Å². The van der Waals surface area contributed by atoms with Gasteiger partial charge in [0.2, 0.25) is 0 Å². The van der Waals surface area contributed by atoms with E-state index in [2.05, 4.69) is 20.2 Å². The van der Waals surface area contributed by atoms with Crippen molar-refractivity contribution in [3.8, 4) is 22.8 Å². The summed E-state index contributed by atoms with van der Waals surface area (Å²) in [6, 6.07) is 15.1. The molecular formula is C22H20N8O. The van der Waals surface area contributed by atoms with Crippen LogP contribution in [-0.4, -0.2) is 39.6 Å². The van der Waals surface area contributed by atoms with E-state index in [9.17, 15) is 5.11 Å². The number of hydrogen-bond acceptors (Lipinski definition) is 7. The third kappa shape index (κ3) is 3.45. The first-order chi connectivity index (χ1) is 15.1. The molecule has 0 spiro atoms. The van der Waals surface area contributed by atoms with Gasteiger partial charge in [-0.2, -0.15) is 10.2 Å². The second kappa shape index (κ2) is 7.71. The van der Waals surface area contributed by atoms with Crippen LogP contribution in [0, 0.1) is 0 Å². The first-order valence-corrected chi connectivity index (χ1v) is 9.81. The molecule has 0 saturated carbocycles. The highest BCUT2D eigenvalue weighted by atomic mass is 16.3. The van der Waals surface area contributed by atoms with Crippen molar-refractivity contribution in [2.45, 2.75) is 19.6 Å². The van der Waals surface area contributed by atoms with E-state index in [-0.39, 0.29) is 12.6 Å². The molecule has 0 radical (unpaired) electrons. The smallest absolute Gasteiger partial charge is 0.154 e. The van der Waals surface area contributed by atoms with Gasteiger partial charge in [0, 0.05) is 17.0 Å². The van der Waals surface area contributed by atoms with Crippen LogP contribution < -0.4 is 5.73 Å². The molecule has 4 aromatic heterocycles. The van der Waals surface area contributed by atoms with E-state index >= 15 is 0 Å². The van der Waals surface area contributed by atoms with Crippen LogP contribution >= 0.6 is 0 Å². The lowest BCUT2D eigenvalue weighted by Crippen LogP contribution is -2.07. The standard InChI is InChI=1S/C22H20N8O/c1-14(23)18-5-3-6-19(28-18)15-8-20(29-13-24-12-26-29)17-10-25-30(21(17)9-15)22-7-2-4-16(11-31)27-22/h2-10,12-14,31H,11,23H2,1H3. The van der Waals surface area contributed by atoms with Crippen molar-refractivity contribution < 1.29 is 5.11 Å². The molecule has 5 rings (SSSR count). The Bertz CT molecular complexity index is 1360. The van der Waals surface area contributed by atoms with Gasteiger partial charge in [0.15, 0.2) is 5.82 Å². The normalized spacial score (nSPS) is 12.4. The second-order valence-corrected chi connectivity index (χ2v) is 7.21. The molecular weight excluding hydrogens is 392 g/mol. The molecule has 5 aromatic rings. The highest BCUT2D eigenvalue weighted by Gasteiger charge is 2.16. The second-order valence-electron chi connectivity index (χ2n) is 7.21. The molecule has 1 atom stereocenters. The number of aliphatic hydroxyl groups excluding tert-OH is 1. The SMILES string of the molecule is CC(N)c1cccc(-c2cc(-n3cncn3)c3cnn(-c4cccc(CO)n4)c3c2)n1. The van der Waals surface area contributed by atoms with E-state index in [1.54, 1.807) is 28.0 Å². The Balaban J connectivity index is 1.76. The van der Waals surface area contributed by atoms with Crippen molar-refractivity contribution in [3.05, 3.63) is 78.8 Å². The Morgan fingerprint density at radius 1 is 1.06 bits per heavy atom. The third-order valence-corrected chi connectivity index (χ3v) is 5.04. The molecule has 1 aromatic carbocycles. The first-order valence-electron chi connectivity index (χ1n) is 9.81. The van der Waals surface area contributed by atoms with Gasteiger partial charge in [-0.1, -0.05) is 12.1 Å². The maximum absolute atomic E-state index is 9.48. The zero-order valence-corrected chi connectivity index (χ0v) is 16.8. The van der Waals surface area contributed by atoms with Gasteiger partial charge in [-0.05, 0) is 43.3 Å². The molecule has 0 aliphatic carbocycles. The van der Waals surface area contributed by atoms with E-state index in [1.165, 1.54) is 6.33 Å². The van der Waals surface area contributed by atoms with Crippen LogP contribution in [-0.2, 0) is 6.61 Å². The molecule has 9 nitrogen and oxygen atoms in total. The number of pyridine rings is 2. The highest BCUT2D eigenvalue weighted by Crippen LogP contribution is 2.30. The lowest BCUT2D eigenvalue weighted by atomic mass is 10.1. The average Bonchev–Trinajstić information content (AvgIpc) is 3.49. The zero-order valence-electron chi connectivity index (χ0n) is 16.8. The van der Waals surface area contributed by atoms with E-state index in [4.69, 9.17) is 10.7 Å². The third-order valence-electron chi connectivity index (χ3n) is 5.04. The van der Waals surface area contributed by atoms with E-state index in [0.717, 1.165) is 33.5 Å². The van der Waals surface area contributed by atoms with Crippen molar-refractivity contribution in [1.82, 2.24) is 34.5 Å².